The van der Waals surface area contributed by atoms with Crippen LogP contribution in [-0.2, 0) is 9.53 Å². The van der Waals surface area contributed by atoms with Gasteiger partial charge < -0.3 is 10.1 Å². The van der Waals surface area contributed by atoms with Gasteiger partial charge in [-0.1, -0.05) is 17.7 Å². The lowest BCUT2D eigenvalue weighted by atomic mass is 10.1. The number of benzene rings is 1. The van der Waals surface area contributed by atoms with Gasteiger partial charge in [-0.25, -0.2) is 4.79 Å². The fraction of sp³-hybridized carbons (Fsp3) is 0.333. The number of aryl methyl sites for hydroxylation is 1. The van der Waals surface area contributed by atoms with E-state index in [0.29, 0.717) is 5.56 Å². The van der Waals surface area contributed by atoms with Crippen molar-refractivity contribution in [3.8, 4) is 0 Å². The third-order valence-electron chi connectivity index (χ3n) is 2.29. The van der Waals surface area contributed by atoms with Gasteiger partial charge in [-0.05, 0) is 19.1 Å². The Morgan fingerprint density at radius 2 is 1.94 bits per heavy atom. The van der Waals surface area contributed by atoms with E-state index in [-0.39, 0.29) is 11.7 Å². The Morgan fingerprint density at radius 1 is 1.35 bits per heavy atom. The molecule has 0 aromatic heterocycles. The number of hydrogen-bond donors (Lipinski definition) is 2. The van der Waals surface area contributed by atoms with Crippen LogP contribution in [0.25, 0.3) is 0 Å². The molecule has 1 amide bonds. The van der Waals surface area contributed by atoms with Crippen molar-refractivity contribution in [3.63, 3.8) is 0 Å². The first-order valence-electron chi connectivity index (χ1n) is 5.14. The Morgan fingerprint density at radius 3 is 2.41 bits per heavy atom. The van der Waals surface area contributed by atoms with Crippen molar-refractivity contribution >= 4 is 24.5 Å². The summed E-state index contributed by atoms with van der Waals surface area (Å²) in [7, 11) is 1.27. The number of amides is 1. The van der Waals surface area contributed by atoms with E-state index in [2.05, 4.69) is 22.7 Å². The minimum atomic E-state index is -0.725. The molecule has 1 atom stereocenters. The van der Waals surface area contributed by atoms with E-state index in [1.54, 1.807) is 12.1 Å². The first kappa shape index (κ1) is 13.6. The maximum Gasteiger partial charge on any atom is 0.329 e. The van der Waals surface area contributed by atoms with Gasteiger partial charge in [0.1, 0.15) is 6.04 Å². The van der Waals surface area contributed by atoms with Crippen LogP contribution in [0.3, 0.4) is 0 Å². The molecular weight excluding hydrogens is 238 g/mol. The Hall–Kier alpha value is -1.49. The van der Waals surface area contributed by atoms with Gasteiger partial charge in [0.15, 0.2) is 0 Å². The molecule has 0 saturated heterocycles. The summed E-state index contributed by atoms with van der Waals surface area (Å²) in [5.74, 6) is -0.612. The second-order valence-corrected chi connectivity index (χ2v) is 3.96. The standard InChI is InChI=1S/C12H15NO3S/c1-8-3-5-9(6-4-8)11(14)13-10(7-17)12(15)16-2/h3-6,10,17H,7H2,1-2H3,(H,13,14). The maximum atomic E-state index is 11.8. The van der Waals surface area contributed by atoms with Crippen LogP contribution >= 0.6 is 12.6 Å². The molecule has 1 aromatic rings. The van der Waals surface area contributed by atoms with E-state index in [4.69, 9.17) is 0 Å². The van der Waals surface area contributed by atoms with E-state index in [1.165, 1.54) is 7.11 Å². The summed E-state index contributed by atoms with van der Waals surface area (Å²) in [6.07, 6.45) is 0. The number of carbonyl (C=O) groups is 2. The number of carbonyl (C=O) groups excluding carboxylic acids is 2. The molecular formula is C12H15NO3S. The molecule has 5 heteroatoms. The fourth-order valence-corrected chi connectivity index (χ4v) is 1.51. The molecule has 1 unspecified atom stereocenters. The van der Waals surface area contributed by atoms with E-state index in [0.717, 1.165) is 5.56 Å². The minimum Gasteiger partial charge on any atom is -0.467 e. The van der Waals surface area contributed by atoms with Crippen LogP contribution in [0.15, 0.2) is 24.3 Å². The summed E-state index contributed by atoms with van der Waals surface area (Å²) >= 11 is 4.00. The first-order valence-corrected chi connectivity index (χ1v) is 5.78. The number of thiol groups is 1. The van der Waals surface area contributed by atoms with Crippen molar-refractivity contribution in [1.82, 2.24) is 5.32 Å². The lowest BCUT2D eigenvalue weighted by Gasteiger charge is -2.14. The molecule has 0 fully saturated rings. The molecule has 0 radical (unpaired) electrons. The Labute approximate surface area is 106 Å². The van der Waals surface area contributed by atoms with Gasteiger partial charge in [-0.15, -0.1) is 0 Å². The average Bonchev–Trinajstić information content (AvgIpc) is 2.35. The van der Waals surface area contributed by atoms with Crippen LogP contribution in [0.5, 0.6) is 0 Å². The van der Waals surface area contributed by atoms with Gasteiger partial charge >= 0.3 is 5.97 Å². The highest BCUT2D eigenvalue weighted by Gasteiger charge is 2.20. The molecule has 0 aliphatic rings. The first-order chi connectivity index (χ1) is 8.08. The molecule has 92 valence electrons. The number of hydrogen-bond acceptors (Lipinski definition) is 4. The fourth-order valence-electron chi connectivity index (χ4n) is 1.27. The summed E-state index contributed by atoms with van der Waals surface area (Å²) in [5.41, 5.74) is 1.58. The van der Waals surface area contributed by atoms with Crippen LogP contribution in [0, 0.1) is 6.92 Å². The van der Waals surface area contributed by atoms with Crippen molar-refractivity contribution in [2.75, 3.05) is 12.9 Å². The lowest BCUT2D eigenvalue weighted by Crippen LogP contribution is -2.42. The zero-order chi connectivity index (χ0) is 12.8. The summed E-state index contributed by atoms with van der Waals surface area (Å²) in [5, 5.41) is 2.56. The van der Waals surface area contributed by atoms with Crippen LogP contribution in [-0.4, -0.2) is 30.8 Å². The smallest absolute Gasteiger partial charge is 0.329 e. The molecule has 0 heterocycles. The van der Waals surface area contributed by atoms with Gasteiger partial charge in [0, 0.05) is 11.3 Å². The predicted molar refractivity (Wildman–Crippen MR) is 68.3 cm³/mol. The lowest BCUT2D eigenvalue weighted by molar-refractivity contribution is -0.142. The monoisotopic (exact) mass is 253 g/mol. The van der Waals surface area contributed by atoms with E-state index in [9.17, 15) is 9.59 Å². The summed E-state index contributed by atoms with van der Waals surface area (Å²) in [6.45, 7) is 1.94. The van der Waals surface area contributed by atoms with Crippen LogP contribution in [0.2, 0.25) is 0 Å². The SMILES string of the molecule is COC(=O)C(CS)NC(=O)c1ccc(C)cc1. The normalized spacial score (nSPS) is 11.7. The topological polar surface area (TPSA) is 55.4 Å². The highest BCUT2D eigenvalue weighted by molar-refractivity contribution is 7.80. The van der Waals surface area contributed by atoms with E-state index < -0.39 is 12.0 Å². The van der Waals surface area contributed by atoms with Gasteiger partial charge in [-0.3, -0.25) is 4.79 Å². The zero-order valence-electron chi connectivity index (χ0n) is 9.77. The average molecular weight is 253 g/mol. The van der Waals surface area contributed by atoms with Crippen LogP contribution in [0.1, 0.15) is 15.9 Å². The Kier molecular flexibility index (Phi) is 5.03. The second kappa shape index (κ2) is 6.30. The molecule has 17 heavy (non-hydrogen) atoms. The number of methoxy groups -OCH3 is 1. The molecule has 1 aromatic carbocycles. The van der Waals surface area contributed by atoms with E-state index in [1.807, 2.05) is 19.1 Å². The maximum absolute atomic E-state index is 11.8. The quantitative estimate of drug-likeness (QED) is 0.626. The van der Waals surface area contributed by atoms with Gasteiger partial charge in [0.2, 0.25) is 0 Å². The molecule has 1 rings (SSSR count). The van der Waals surface area contributed by atoms with Gasteiger partial charge in [-0.2, -0.15) is 12.6 Å². The van der Waals surface area contributed by atoms with Gasteiger partial charge in [0.05, 0.1) is 7.11 Å². The molecule has 0 aliphatic carbocycles. The summed E-state index contributed by atoms with van der Waals surface area (Å²) < 4.78 is 4.56. The number of rotatable bonds is 4. The predicted octanol–water partition coefficient (Wildman–Crippen LogP) is 1.20. The van der Waals surface area contributed by atoms with Crippen molar-refractivity contribution in [1.29, 1.82) is 0 Å². The molecule has 0 aliphatic heterocycles. The Bertz CT molecular complexity index is 403. The minimum absolute atomic E-state index is 0.199. The zero-order valence-corrected chi connectivity index (χ0v) is 10.7. The number of ether oxygens (including phenoxy) is 1. The van der Waals surface area contributed by atoms with Crippen molar-refractivity contribution in [2.45, 2.75) is 13.0 Å². The van der Waals surface area contributed by atoms with E-state index >= 15 is 0 Å². The highest BCUT2D eigenvalue weighted by atomic mass is 32.1. The molecule has 0 bridgehead atoms. The highest BCUT2D eigenvalue weighted by Crippen LogP contribution is 2.04. The van der Waals surface area contributed by atoms with Crippen LogP contribution < -0.4 is 5.32 Å². The van der Waals surface area contributed by atoms with Crippen molar-refractivity contribution in [2.24, 2.45) is 0 Å². The van der Waals surface area contributed by atoms with Crippen LogP contribution in [0.4, 0.5) is 0 Å². The van der Waals surface area contributed by atoms with Crippen molar-refractivity contribution < 1.29 is 14.3 Å². The number of nitrogens with one attached hydrogen (secondary N) is 1. The van der Waals surface area contributed by atoms with Crippen molar-refractivity contribution in [3.05, 3.63) is 35.4 Å². The summed E-state index contributed by atoms with van der Waals surface area (Å²) in [4.78, 5) is 23.1. The molecule has 1 N–H and O–H groups in total. The largest absolute Gasteiger partial charge is 0.467 e. The molecule has 0 spiro atoms. The molecule has 4 nitrogen and oxygen atoms in total. The third kappa shape index (κ3) is 3.78. The Balaban J connectivity index is 2.71. The number of esters is 1. The molecule has 0 saturated carbocycles. The van der Waals surface area contributed by atoms with Gasteiger partial charge in [0.25, 0.3) is 5.91 Å². The third-order valence-corrected chi connectivity index (χ3v) is 2.65. The summed E-state index contributed by atoms with van der Waals surface area (Å²) in [6, 6.07) is 6.36. The second-order valence-electron chi connectivity index (χ2n) is 3.60.